The van der Waals surface area contributed by atoms with E-state index in [9.17, 15) is 18.0 Å². The second-order valence-corrected chi connectivity index (χ2v) is 13.3. The number of aryl methyl sites for hydroxylation is 2. The minimum atomic E-state index is -4.15. The second kappa shape index (κ2) is 14.2. The van der Waals surface area contributed by atoms with Crippen LogP contribution in [0.4, 0.5) is 5.69 Å². The molecule has 0 bridgehead atoms. The fourth-order valence-electron chi connectivity index (χ4n) is 5.56. The highest BCUT2D eigenvalue weighted by Gasteiger charge is 2.34. The fraction of sp³-hybridized carbons (Fsp3) is 0.394. The summed E-state index contributed by atoms with van der Waals surface area (Å²) >= 11 is 6.04. The van der Waals surface area contributed by atoms with Gasteiger partial charge in [0.2, 0.25) is 11.8 Å². The lowest BCUT2D eigenvalue weighted by Crippen LogP contribution is -2.54. The zero-order chi connectivity index (χ0) is 30.3. The summed E-state index contributed by atoms with van der Waals surface area (Å²) in [6.07, 6.45) is 5.55. The third-order valence-corrected chi connectivity index (χ3v) is 9.86. The Kier molecular flexibility index (Phi) is 10.7. The molecule has 0 saturated heterocycles. The maximum Gasteiger partial charge on any atom is 0.264 e. The van der Waals surface area contributed by atoms with E-state index in [1.807, 2.05) is 44.2 Å². The Labute approximate surface area is 254 Å². The molecule has 224 valence electrons. The van der Waals surface area contributed by atoms with E-state index in [4.69, 9.17) is 11.6 Å². The molecule has 1 atom stereocenters. The van der Waals surface area contributed by atoms with Gasteiger partial charge in [-0.1, -0.05) is 85.8 Å². The van der Waals surface area contributed by atoms with Crippen LogP contribution in [0.2, 0.25) is 5.02 Å². The van der Waals surface area contributed by atoms with Crippen LogP contribution in [0.1, 0.15) is 62.1 Å². The van der Waals surface area contributed by atoms with Crippen molar-refractivity contribution >= 4 is 39.1 Å². The van der Waals surface area contributed by atoms with Crippen molar-refractivity contribution < 1.29 is 18.0 Å². The van der Waals surface area contributed by atoms with E-state index in [1.54, 1.807) is 25.1 Å². The molecule has 0 radical (unpaired) electrons. The Morgan fingerprint density at radius 3 is 2.29 bits per heavy atom. The third-order valence-electron chi connectivity index (χ3n) is 7.84. The van der Waals surface area contributed by atoms with E-state index in [2.05, 4.69) is 5.32 Å². The number of carbonyl (C=O) groups excluding carboxylic acids is 2. The molecule has 0 aliphatic heterocycles. The van der Waals surface area contributed by atoms with Crippen molar-refractivity contribution in [1.82, 2.24) is 10.2 Å². The van der Waals surface area contributed by atoms with Crippen LogP contribution >= 0.6 is 11.6 Å². The van der Waals surface area contributed by atoms with E-state index in [0.29, 0.717) is 22.7 Å². The van der Waals surface area contributed by atoms with Crippen LogP contribution in [0, 0.1) is 13.8 Å². The van der Waals surface area contributed by atoms with Gasteiger partial charge in [0.25, 0.3) is 10.0 Å². The molecule has 9 heteroatoms. The molecule has 1 unspecified atom stereocenters. The average Bonchev–Trinajstić information content (AvgIpc) is 2.97. The van der Waals surface area contributed by atoms with Gasteiger partial charge in [0.15, 0.2) is 0 Å². The zero-order valence-corrected chi connectivity index (χ0v) is 26.1. The largest absolute Gasteiger partial charge is 0.352 e. The molecule has 1 saturated carbocycles. The summed E-state index contributed by atoms with van der Waals surface area (Å²) in [6.45, 7) is 5.38. The summed E-state index contributed by atoms with van der Waals surface area (Å²) in [7, 11) is -4.15. The van der Waals surface area contributed by atoms with Gasteiger partial charge in [-0.25, -0.2) is 8.42 Å². The van der Waals surface area contributed by atoms with Gasteiger partial charge >= 0.3 is 0 Å². The number of hydrogen-bond donors (Lipinski definition) is 1. The number of halogens is 1. The van der Waals surface area contributed by atoms with E-state index >= 15 is 0 Å². The SMILES string of the molecule is CCC(C(=O)NC1CCCCC1)N(Cc1cccc(C)c1)C(=O)CN(c1ccccc1C)S(=O)(=O)c1ccc(Cl)cc1. The van der Waals surface area contributed by atoms with E-state index in [-0.39, 0.29) is 23.4 Å². The highest BCUT2D eigenvalue weighted by Crippen LogP contribution is 2.28. The molecule has 1 N–H and O–H groups in total. The van der Waals surface area contributed by atoms with Gasteiger partial charge < -0.3 is 10.2 Å². The number of rotatable bonds is 11. The number of hydrogen-bond acceptors (Lipinski definition) is 4. The number of nitrogens with zero attached hydrogens (tertiary/aromatic N) is 2. The molecule has 0 spiro atoms. The third kappa shape index (κ3) is 7.72. The minimum absolute atomic E-state index is 0.0234. The fourth-order valence-corrected chi connectivity index (χ4v) is 7.17. The molecule has 1 aliphatic carbocycles. The zero-order valence-electron chi connectivity index (χ0n) is 24.6. The van der Waals surface area contributed by atoms with Gasteiger partial charge in [-0.3, -0.25) is 13.9 Å². The molecule has 0 heterocycles. The lowest BCUT2D eigenvalue weighted by Gasteiger charge is -2.34. The summed E-state index contributed by atoms with van der Waals surface area (Å²) < 4.78 is 29.2. The predicted octanol–water partition coefficient (Wildman–Crippen LogP) is 6.41. The first-order valence-electron chi connectivity index (χ1n) is 14.6. The molecule has 2 amide bonds. The standard InChI is InChI=1S/C33H40ClN3O4S/c1-4-30(33(39)35-28-14-6-5-7-15-28)36(22-26-13-10-11-24(2)21-26)32(38)23-37(31-16-9-8-12-25(31)3)42(40,41)29-19-17-27(34)18-20-29/h8-13,16-21,28,30H,4-7,14-15,22-23H2,1-3H3,(H,35,39). The smallest absolute Gasteiger partial charge is 0.264 e. The van der Waals surface area contributed by atoms with Crippen molar-refractivity contribution in [3.8, 4) is 0 Å². The summed E-state index contributed by atoms with van der Waals surface area (Å²) in [5.74, 6) is -0.656. The summed E-state index contributed by atoms with van der Waals surface area (Å²) in [4.78, 5) is 29.5. The molecule has 1 fully saturated rings. The van der Waals surface area contributed by atoms with Gasteiger partial charge in [0.05, 0.1) is 10.6 Å². The molecular weight excluding hydrogens is 570 g/mol. The van der Waals surface area contributed by atoms with E-state index in [1.165, 1.54) is 35.6 Å². The highest BCUT2D eigenvalue weighted by molar-refractivity contribution is 7.92. The van der Waals surface area contributed by atoms with E-state index < -0.39 is 28.5 Å². The van der Waals surface area contributed by atoms with Gasteiger partial charge in [-0.15, -0.1) is 0 Å². The number of nitrogens with one attached hydrogen (secondary N) is 1. The molecule has 3 aromatic carbocycles. The number of carbonyl (C=O) groups is 2. The van der Waals surface area contributed by atoms with Gasteiger partial charge in [-0.2, -0.15) is 0 Å². The molecule has 42 heavy (non-hydrogen) atoms. The molecule has 7 nitrogen and oxygen atoms in total. The first kappa shape index (κ1) is 31.6. The van der Waals surface area contributed by atoms with Crippen molar-refractivity contribution in [2.75, 3.05) is 10.8 Å². The number of sulfonamides is 1. The number of para-hydroxylation sites is 1. The lowest BCUT2D eigenvalue weighted by molar-refractivity contribution is -0.140. The van der Waals surface area contributed by atoms with Crippen molar-refractivity contribution in [3.05, 3.63) is 94.5 Å². The highest BCUT2D eigenvalue weighted by atomic mass is 35.5. The maximum absolute atomic E-state index is 14.3. The van der Waals surface area contributed by atoms with E-state index in [0.717, 1.165) is 41.1 Å². The van der Waals surface area contributed by atoms with Crippen molar-refractivity contribution in [3.63, 3.8) is 0 Å². The van der Waals surface area contributed by atoms with Gasteiger partial charge in [0.1, 0.15) is 12.6 Å². The number of amides is 2. The Balaban J connectivity index is 1.71. The molecule has 0 aromatic heterocycles. The van der Waals surface area contributed by atoms with Crippen LogP contribution in [0.25, 0.3) is 0 Å². The molecule has 1 aliphatic rings. The summed E-state index contributed by atoms with van der Waals surface area (Å²) in [5, 5.41) is 3.59. The van der Waals surface area contributed by atoms with Crippen LogP contribution in [0.5, 0.6) is 0 Å². The quantitative estimate of drug-likeness (QED) is 0.272. The predicted molar refractivity (Wildman–Crippen MR) is 168 cm³/mol. The normalized spacial score (nSPS) is 14.7. The second-order valence-electron chi connectivity index (χ2n) is 11.0. The van der Waals surface area contributed by atoms with Crippen LogP contribution < -0.4 is 9.62 Å². The van der Waals surface area contributed by atoms with Crippen LogP contribution in [0.3, 0.4) is 0 Å². The van der Waals surface area contributed by atoms with Crippen molar-refractivity contribution in [2.24, 2.45) is 0 Å². The lowest BCUT2D eigenvalue weighted by atomic mass is 9.95. The number of anilines is 1. The van der Waals surface area contributed by atoms with Crippen LogP contribution in [0.15, 0.2) is 77.7 Å². The Morgan fingerprint density at radius 2 is 1.64 bits per heavy atom. The van der Waals surface area contributed by atoms with Crippen LogP contribution in [-0.2, 0) is 26.2 Å². The number of benzene rings is 3. The Bertz CT molecular complexity index is 1490. The van der Waals surface area contributed by atoms with Crippen molar-refractivity contribution in [2.45, 2.75) is 82.8 Å². The molecule has 4 rings (SSSR count). The molecular formula is C33H40ClN3O4S. The monoisotopic (exact) mass is 609 g/mol. The maximum atomic E-state index is 14.3. The van der Waals surface area contributed by atoms with Gasteiger partial charge in [0, 0.05) is 17.6 Å². The topological polar surface area (TPSA) is 86.8 Å². The minimum Gasteiger partial charge on any atom is -0.352 e. The Morgan fingerprint density at radius 1 is 0.952 bits per heavy atom. The van der Waals surface area contributed by atoms with Crippen molar-refractivity contribution in [1.29, 1.82) is 0 Å². The average molecular weight is 610 g/mol. The van der Waals surface area contributed by atoms with Gasteiger partial charge in [-0.05, 0) is 74.6 Å². The van der Waals surface area contributed by atoms with Crippen LogP contribution in [-0.4, -0.2) is 43.8 Å². The first-order chi connectivity index (χ1) is 20.1. The first-order valence-corrected chi connectivity index (χ1v) is 16.4. The Hall–Kier alpha value is -3.36. The summed E-state index contributed by atoms with van der Waals surface area (Å²) in [6, 6.07) is 20.1. The summed E-state index contributed by atoms with van der Waals surface area (Å²) in [5.41, 5.74) is 3.01. The molecule has 3 aromatic rings.